The molecule has 0 unspecified atom stereocenters. The monoisotopic (exact) mass is 286 g/mol. The SMILES string of the molecule is C[C@H]1CC[C@@H](C(N)=O)CN1C(=O)c1cc2ccccc2o1. The number of hydrogen-bond acceptors (Lipinski definition) is 3. The Morgan fingerprint density at radius 2 is 2.05 bits per heavy atom. The van der Waals surface area contributed by atoms with Crippen molar-refractivity contribution in [1.82, 2.24) is 4.90 Å². The Morgan fingerprint density at radius 1 is 1.29 bits per heavy atom. The lowest BCUT2D eigenvalue weighted by Crippen LogP contribution is -2.48. The van der Waals surface area contributed by atoms with E-state index in [-0.39, 0.29) is 23.8 Å². The number of nitrogens with two attached hydrogens (primary N) is 1. The van der Waals surface area contributed by atoms with E-state index in [0.29, 0.717) is 17.9 Å². The largest absolute Gasteiger partial charge is 0.451 e. The number of likely N-dealkylation sites (tertiary alicyclic amines) is 1. The van der Waals surface area contributed by atoms with Crippen LogP contribution in [0.2, 0.25) is 0 Å². The molecule has 1 fully saturated rings. The average Bonchev–Trinajstić information content (AvgIpc) is 2.90. The predicted molar refractivity (Wildman–Crippen MR) is 78.6 cm³/mol. The first-order valence-electron chi connectivity index (χ1n) is 7.15. The Bertz CT molecular complexity index is 659. The standard InChI is InChI=1S/C16H18N2O3/c1-10-6-7-12(15(17)19)9-18(10)16(20)14-8-11-4-2-3-5-13(11)21-14/h2-5,8,10,12H,6-7,9H2,1H3,(H2,17,19)/t10-,12+/m0/s1. The highest BCUT2D eigenvalue weighted by molar-refractivity contribution is 5.96. The van der Waals surface area contributed by atoms with E-state index in [9.17, 15) is 9.59 Å². The molecule has 1 saturated heterocycles. The minimum atomic E-state index is -0.343. The van der Waals surface area contributed by atoms with Crippen molar-refractivity contribution in [2.75, 3.05) is 6.54 Å². The zero-order chi connectivity index (χ0) is 15.0. The third kappa shape index (κ3) is 2.51. The smallest absolute Gasteiger partial charge is 0.289 e. The van der Waals surface area contributed by atoms with Gasteiger partial charge in [0, 0.05) is 18.0 Å². The van der Waals surface area contributed by atoms with Crippen molar-refractivity contribution in [1.29, 1.82) is 0 Å². The lowest BCUT2D eigenvalue weighted by Gasteiger charge is -2.36. The number of nitrogens with zero attached hydrogens (tertiary/aromatic N) is 1. The molecule has 2 amide bonds. The number of piperidine rings is 1. The van der Waals surface area contributed by atoms with Gasteiger partial charge < -0.3 is 15.1 Å². The van der Waals surface area contributed by atoms with Gasteiger partial charge in [0.25, 0.3) is 5.91 Å². The van der Waals surface area contributed by atoms with Crippen molar-refractivity contribution in [3.05, 3.63) is 36.1 Å². The van der Waals surface area contributed by atoms with E-state index in [1.165, 1.54) is 0 Å². The van der Waals surface area contributed by atoms with Crippen molar-refractivity contribution in [3.63, 3.8) is 0 Å². The van der Waals surface area contributed by atoms with Crippen LogP contribution in [-0.4, -0.2) is 29.3 Å². The molecule has 21 heavy (non-hydrogen) atoms. The van der Waals surface area contributed by atoms with E-state index < -0.39 is 0 Å². The first-order chi connectivity index (χ1) is 10.1. The highest BCUT2D eigenvalue weighted by atomic mass is 16.3. The molecule has 5 heteroatoms. The molecule has 5 nitrogen and oxygen atoms in total. The maximum absolute atomic E-state index is 12.6. The number of carbonyl (C=O) groups excluding carboxylic acids is 2. The average molecular weight is 286 g/mol. The predicted octanol–water partition coefficient (Wildman–Crippen LogP) is 2.16. The molecule has 1 aromatic carbocycles. The minimum Gasteiger partial charge on any atom is -0.451 e. The van der Waals surface area contributed by atoms with Gasteiger partial charge in [0.05, 0.1) is 5.92 Å². The van der Waals surface area contributed by atoms with Crippen LogP contribution in [0.25, 0.3) is 11.0 Å². The Balaban J connectivity index is 1.87. The molecule has 0 saturated carbocycles. The molecule has 2 N–H and O–H groups in total. The normalized spacial score (nSPS) is 22.4. The number of para-hydroxylation sites is 1. The van der Waals surface area contributed by atoms with Gasteiger partial charge in [-0.15, -0.1) is 0 Å². The molecule has 0 bridgehead atoms. The summed E-state index contributed by atoms with van der Waals surface area (Å²) >= 11 is 0. The number of amides is 2. The highest BCUT2D eigenvalue weighted by Crippen LogP contribution is 2.26. The van der Waals surface area contributed by atoms with Gasteiger partial charge in [-0.2, -0.15) is 0 Å². The first kappa shape index (κ1) is 13.7. The summed E-state index contributed by atoms with van der Waals surface area (Å²) in [6.45, 7) is 2.35. The molecule has 2 aromatic rings. The Morgan fingerprint density at radius 3 is 2.76 bits per heavy atom. The van der Waals surface area contributed by atoms with Gasteiger partial charge in [0.15, 0.2) is 5.76 Å². The van der Waals surface area contributed by atoms with Crippen molar-refractivity contribution < 1.29 is 14.0 Å². The highest BCUT2D eigenvalue weighted by Gasteiger charge is 2.33. The lowest BCUT2D eigenvalue weighted by molar-refractivity contribution is -0.123. The van der Waals surface area contributed by atoms with Gasteiger partial charge >= 0.3 is 0 Å². The fourth-order valence-corrected chi connectivity index (χ4v) is 2.85. The number of rotatable bonds is 2. The molecular weight excluding hydrogens is 268 g/mol. The summed E-state index contributed by atoms with van der Waals surface area (Å²) in [5, 5.41) is 0.900. The number of carbonyl (C=O) groups is 2. The Hall–Kier alpha value is -2.30. The van der Waals surface area contributed by atoms with E-state index in [1.54, 1.807) is 11.0 Å². The number of primary amides is 1. The maximum atomic E-state index is 12.6. The van der Waals surface area contributed by atoms with Crippen LogP contribution in [0.15, 0.2) is 34.7 Å². The van der Waals surface area contributed by atoms with Crippen molar-refractivity contribution in [2.45, 2.75) is 25.8 Å². The number of hydrogen-bond donors (Lipinski definition) is 1. The van der Waals surface area contributed by atoms with Gasteiger partial charge in [0.1, 0.15) is 5.58 Å². The molecule has 0 spiro atoms. The van der Waals surface area contributed by atoms with E-state index in [2.05, 4.69) is 0 Å². The molecule has 2 atom stereocenters. The number of furan rings is 1. The van der Waals surface area contributed by atoms with E-state index >= 15 is 0 Å². The molecule has 3 rings (SSSR count). The van der Waals surface area contributed by atoms with Crippen LogP contribution < -0.4 is 5.73 Å². The second-order valence-corrected chi connectivity index (χ2v) is 5.63. The maximum Gasteiger partial charge on any atom is 0.289 e. The van der Waals surface area contributed by atoms with Crippen molar-refractivity contribution in [3.8, 4) is 0 Å². The van der Waals surface area contributed by atoms with Crippen LogP contribution in [0.3, 0.4) is 0 Å². The molecule has 1 aliphatic rings. The van der Waals surface area contributed by atoms with Gasteiger partial charge in [-0.1, -0.05) is 18.2 Å². The molecule has 0 aliphatic carbocycles. The van der Waals surface area contributed by atoms with E-state index in [4.69, 9.17) is 10.2 Å². The molecule has 1 aromatic heterocycles. The number of fused-ring (bicyclic) bond motifs is 1. The summed E-state index contributed by atoms with van der Waals surface area (Å²) < 4.78 is 5.62. The Kier molecular flexibility index (Phi) is 3.41. The summed E-state index contributed by atoms with van der Waals surface area (Å²) in [6, 6.07) is 9.34. The first-order valence-corrected chi connectivity index (χ1v) is 7.15. The van der Waals surface area contributed by atoms with Crippen LogP contribution in [0.5, 0.6) is 0 Å². The van der Waals surface area contributed by atoms with Crippen LogP contribution in [0.1, 0.15) is 30.3 Å². The van der Waals surface area contributed by atoms with E-state index in [0.717, 1.165) is 18.2 Å². The van der Waals surface area contributed by atoms with Crippen LogP contribution >= 0.6 is 0 Å². The van der Waals surface area contributed by atoms with Crippen LogP contribution in [-0.2, 0) is 4.79 Å². The molecule has 0 radical (unpaired) electrons. The summed E-state index contributed by atoms with van der Waals surface area (Å²) in [5.74, 6) is -0.475. The lowest BCUT2D eigenvalue weighted by atomic mass is 9.93. The summed E-state index contributed by atoms with van der Waals surface area (Å²) in [4.78, 5) is 25.7. The zero-order valence-electron chi connectivity index (χ0n) is 11.9. The summed E-state index contributed by atoms with van der Waals surface area (Å²) in [6.07, 6.45) is 1.51. The van der Waals surface area contributed by atoms with E-state index in [1.807, 2.05) is 31.2 Å². The van der Waals surface area contributed by atoms with Crippen LogP contribution in [0.4, 0.5) is 0 Å². The topological polar surface area (TPSA) is 76.5 Å². The third-order valence-electron chi connectivity index (χ3n) is 4.18. The van der Waals surface area contributed by atoms with Crippen molar-refractivity contribution >= 4 is 22.8 Å². The van der Waals surface area contributed by atoms with Gasteiger partial charge in [-0.25, -0.2) is 0 Å². The van der Waals surface area contributed by atoms with Crippen LogP contribution in [0, 0.1) is 5.92 Å². The zero-order valence-corrected chi connectivity index (χ0v) is 11.9. The summed E-state index contributed by atoms with van der Waals surface area (Å²) in [7, 11) is 0. The van der Waals surface area contributed by atoms with Gasteiger partial charge in [-0.05, 0) is 31.9 Å². The van der Waals surface area contributed by atoms with Crippen molar-refractivity contribution in [2.24, 2.45) is 11.7 Å². The molecule has 110 valence electrons. The number of benzene rings is 1. The van der Waals surface area contributed by atoms with Gasteiger partial charge in [-0.3, -0.25) is 9.59 Å². The second-order valence-electron chi connectivity index (χ2n) is 5.63. The Labute approximate surface area is 122 Å². The molecular formula is C16H18N2O3. The summed E-state index contributed by atoms with van der Waals surface area (Å²) in [5.41, 5.74) is 6.07. The third-order valence-corrected chi connectivity index (χ3v) is 4.18. The molecule has 2 heterocycles. The molecule has 1 aliphatic heterocycles. The quantitative estimate of drug-likeness (QED) is 0.919. The fourth-order valence-electron chi connectivity index (χ4n) is 2.85. The second kappa shape index (κ2) is 5.24. The minimum absolute atomic E-state index is 0.0845. The van der Waals surface area contributed by atoms with Gasteiger partial charge in [0.2, 0.25) is 5.91 Å². The fraction of sp³-hybridized carbons (Fsp3) is 0.375.